The van der Waals surface area contributed by atoms with Crippen LogP contribution in [0.25, 0.3) is 11.1 Å². The van der Waals surface area contributed by atoms with Crippen LogP contribution in [0.5, 0.6) is 0 Å². The normalized spacial score (nSPS) is 31.7. The van der Waals surface area contributed by atoms with Gasteiger partial charge in [-0.05, 0) is 83.6 Å². The number of fused-ring (bicyclic) bond motifs is 9. The third kappa shape index (κ3) is 2.44. The molecule has 7 rings (SSSR count). The molecule has 1 heteroatoms. The van der Waals surface area contributed by atoms with E-state index in [4.69, 9.17) is 0 Å². The van der Waals surface area contributed by atoms with Crippen LogP contribution in [0.2, 0.25) is 0 Å². The first-order valence-electron chi connectivity index (χ1n) is 12.1. The van der Waals surface area contributed by atoms with Gasteiger partial charge in [0.25, 0.3) is 0 Å². The number of hydrogen-bond donors (Lipinski definition) is 0. The van der Waals surface area contributed by atoms with Gasteiger partial charge in [-0.15, -0.1) is 0 Å². The lowest BCUT2D eigenvalue weighted by Gasteiger charge is -2.41. The van der Waals surface area contributed by atoms with Crippen LogP contribution < -0.4 is 0 Å². The van der Waals surface area contributed by atoms with Gasteiger partial charge in [-0.1, -0.05) is 94.4 Å². The fourth-order valence-electron chi connectivity index (χ4n) is 7.61. The molecule has 5 aliphatic rings. The lowest BCUT2D eigenvalue weighted by Crippen LogP contribution is -2.38. The van der Waals surface area contributed by atoms with Crippen LogP contribution in [-0.2, 0) is 5.41 Å². The molecule has 0 aliphatic heterocycles. The lowest BCUT2D eigenvalue weighted by atomic mass is 9.61. The minimum absolute atomic E-state index is 0.0626. The third-order valence-corrected chi connectivity index (χ3v) is 9.20. The van der Waals surface area contributed by atoms with Gasteiger partial charge in [0.2, 0.25) is 0 Å². The molecule has 4 unspecified atom stereocenters. The Bertz CT molecular complexity index is 1270. The largest absolute Gasteiger partial charge is 0.0844 e. The molecule has 0 radical (unpaired) electrons. The van der Waals surface area contributed by atoms with Crippen molar-refractivity contribution in [3.05, 3.63) is 117 Å². The van der Waals surface area contributed by atoms with Crippen LogP contribution in [0, 0.1) is 17.8 Å². The zero-order valence-electron chi connectivity index (χ0n) is 18.2. The second-order valence-corrected chi connectivity index (χ2v) is 10.9. The van der Waals surface area contributed by atoms with Gasteiger partial charge in [0.15, 0.2) is 0 Å². The summed E-state index contributed by atoms with van der Waals surface area (Å²) in [6.45, 7) is 0. The van der Waals surface area contributed by atoms with Gasteiger partial charge in [0.1, 0.15) is 0 Å². The second kappa shape index (κ2) is 7.06. The third-order valence-electron chi connectivity index (χ3n) is 8.71. The van der Waals surface area contributed by atoms with E-state index in [0.29, 0.717) is 17.8 Å². The van der Waals surface area contributed by atoms with Crippen LogP contribution in [0.4, 0.5) is 0 Å². The zero-order valence-corrected chi connectivity index (χ0v) is 19.8. The molecule has 1 spiro atoms. The monoisotopic (exact) mass is 478 g/mol. The Labute approximate surface area is 199 Å². The van der Waals surface area contributed by atoms with Gasteiger partial charge in [-0.2, -0.15) is 0 Å². The highest BCUT2D eigenvalue weighted by atomic mass is 79.9. The molecule has 2 aromatic rings. The first kappa shape index (κ1) is 19.1. The maximum Gasteiger partial charge on any atom is 0.0349 e. The molecular formula is C31H27Br. The van der Waals surface area contributed by atoms with E-state index in [-0.39, 0.29) is 5.41 Å². The van der Waals surface area contributed by atoms with Gasteiger partial charge in [-0.25, -0.2) is 0 Å². The molecule has 0 aromatic heterocycles. The minimum atomic E-state index is 0.0626. The quantitative estimate of drug-likeness (QED) is 0.360. The summed E-state index contributed by atoms with van der Waals surface area (Å²) in [5.74, 6) is 1.65. The van der Waals surface area contributed by atoms with Crippen molar-refractivity contribution in [3.63, 3.8) is 0 Å². The molecule has 32 heavy (non-hydrogen) atoms. The smallest absolute Gasteiger partial charge is 0.0349 e. The van der Waals surface area contributed by atoms with E-state index in [2.05, 4.69) is 101 Å². The molecule has 0 nitrogen and oxygen atoms in total. The molecule has 158 valence electrons. The Hall–Kier alpha value is -2.38. The van der Waals surface area contributed by atoms with E-state index in [1.54, 1.807) is 22.3 Å². The van der Waals surface area contributed by atoms with Gasteiger partial charge >= 0.3 is 0 Å². The molecule has 1 saturated carbocycles. The maximum atomic E-state index is 3.84. The second-order valence-electron chi connectivity index (χ2n) is 10.00. The highest BCUT2D eigenvalue weighted by Crippen LogP contribution is 2.69. The van der Waals surface area contributed by atoms with Crippen molar-refractivity contribution in [1.82, 2.24) is 0 Å². The Morgan fingerprint density at radius 3 is 2.72 bits per heavy atom. The van der Waals surface area contributed by atoms with Gasteiger partial charge in [0, 0.05) is 21.7 Å². The summed E-state index contributed by atoms with van der Waals surface area (Å²) in [5, 5.41) is 0. The highest BCUT2D eigenvalue weighted by Gasteiger charge is 2.62. The number of rotatable bonds is 1. The summed E-state index contributed by atoms with van der Waals surface area (Å²) in [5.41, 5.74) is 11.0. The molecule has 5 aliphatic carbocycles. The topological polar surface area (TPSA) is 0 Å². The number of benzene rings is 2. The summed E-state index contributed by atoms with van der Waals surface area (Å²) >= 11 is 3.84. The minimum Gasteiger partial charge on any atom is -0.0844 e. The highest BCUT2D eigenvalue weighted by molar-refractivity contribution is 9.10. The summed E-state index contributed by atoms with van der Waals surface area (Å²) in [4.78, 5) is 0. The number of hydrogen-bond acceptors (Lipinski definition) is 0. The van der Waals surface area contributed by atoms with E-state index in [0.717, 1.165) is 12.8 Å². The van der Waals surface area contributed by atoms with Crippen molar-refractivity contribution in [2.24, 2.45) is 17.8 Å². The molecule has 0 saturated heterocycles. The van der Waals surface area contributed by atoms with E-state index >= 15 is 0 Å². The predicted octanol–water partition coefficient (Wildman–Crippen LogP) is 8.43. The number of allylic oxidation sites excluding steroid dienone is 10. The Kier molecular flexibility index (Phi) is 4.22. The average Bonchev–Trinajstić information content (AvgIpc) is 3.31. The molecule has 0 heterocycles. The van der Waals surface area contributed by atoms with Crippen LogP contribution >= 0.6 is 15.9 Å². The SMILES string of the molecule is Brc1ccc2c(c1)C1(C3=C2CCC(c2ccccc2)=C3)C2CCCC=C2C2C=CC=CC21. The first-order valence-corrected chi connectivity index (χ1v) is 12.9. The Morgan fingerprint density at radius 2 is 1.81 bits per heavy atom. The number of halogens is 1. The molecular weight excluding hydrogens is 452 g/mol. The maximum absolute atomic E-state index is 3.84. The van der Waals surface area contributed by atoms with Crippen LogP contribution in [0.1, 0.15) is 48.8 Å². The first-order chi connectivity index (χ1) is 15.8. The molecule has 1 fully saturated rings. The molecule has 0 bridgehead atoms. The lowest BCUT2D eigenvalue weighted by molar-refractivity contribution is 0.318. The van der Waals surface area contributed by atoms with Crippen molar-refractivity contribution >= 4 is 27.1 Å². The average molecular weight is 479 g/mol. The summed E-state index contributed by atoms with van der Waals surface area (Å²) in [6, 6.07) is 18.2. The van der Waals surface area contributed by atoms with Crippen molar-refractivity contribution < 1.29 is 0 Å². The molecule has 0 amide bonds. The molecule has 2 aromatic carbocycles. The van der Waals surface area contributed by atoms with Gasteiger partial charge in [-0.3, -0.25) is 0 Å². The van der Waals surface area contributed by atoms with Crippen molar-refractivity contribution in [3.8, 4) is 0 Å². The predicted molar refractivity (Wildman–Crippen MR) is 137 cm³/mol. The Balaban J connectivity index is 1.53. The summed E-state index contributed by atoms with van der Waals surface area (Å²) < 4.78 is 1.21. The molecule has 4 atom stereocenters. The summed E-state index contributed by atoms with van der Waals surface area (Å²) in [6.07, 6.45) is 21.0. The van der Waals surface area contributed by atoms with Crippen molar-refractivity contribution in [2.75, 3.05) is 0 Å². The van der Waals surface area contributed by atoms with Crippen LogP contribution in [0.15, 0.2) is 101 Å². The van der Waals surface area contributed by atoms with E-state index in [1.165, 1.54) is 40.4 Å². The van der Waals surface area contributed by atoms with Gasteiger partial charge in [0.05, 0.1) is 0 Å². The van der Waals surface area contributed by atoms with Crippen molar-refractivity contribution in [1.29, 1.82) is 0 Å². The van der Waals surface area contributed by atoms with Crippen molar-refractivity contribution in [2.45, 2.75) is 37.5 Å². The standard InChI is InChI=1S/C31H27Br/c32-22-15-17-26-25-16-14-21(20-8-2-1-3-9-20)18-29(25)31(30(26)19-22)27-12-6-4-10-23(27)24-11-5-7-13-28(24)31/h1-4,6,8-12,15,17-19,23,27-28H,5,7,13-14,16H2. The summed E-state index contributed by atoms with van der Waals surface area (Å²) in [7, 11) is 0. The van der Waals surface area contributed by atoms with Crippen LogP contribution in [-0.4, -0.2) is 0 Å². The van der Waals surface area contributed by atoms with Crippen LogP contribution in [0.3, 0.4) is 0 Å². The fraction of sp³-hybridized carbons (Fsp3) is 0.290. The van der Waals surface area contributed by atoms with E-state index in [9.17, 15) is 0 Å². The zero-order chi connectivity index (χ0) is 21.3. The fourth-order valence-corrected chi connectivity index (χ4v) is 7.97. The molecule has 0 N–H and O–H groups in total. The van der Waals surface area contributed by atoms with E-state index in [1.807, 2.05) is 0 Å². The van der Waals surface area contributed by atoms with E-state index < -0.39 is 0 Å². The van der Waals surface area contributed by atoms with Gasteiger partial charge < -0.3 is 0 Å². The Morgan fingerprint density at radius 1 is 0.938 bits per heavy atom.